The molecule has 0 aromatic heterocycles. The zero-order chi connectivity index (χ0) is 14.8. The summed E-state index contributed by atoms with van der Waals surface area (Å²) in [7, 11) is 1.84. The predicted molar refractivity (Wildman–Crippen MR) is 88.2 cm³/mol. The van der Waals surface area contributed by atoms with Gasteiger partial charge in [0.05, 0.1) is 0 Å². The molecule has 0 aliphatic carbocycles. The summed E-state index contributed by atoms with van der Waals surface area (Å²) >= 11 is 3.48. The van der Waals surface area contributed by atoms with Gasteiger partial charge in [0.15, 0.2) is 0 Å². The Bertz CT molecular complexity index is 671. The maximum atomic E-state index is 12.1. The lowest BCUT2D eigenvalue weighted by atomic mass is 9.96. The summed E-state index contributed by atoms with van der Waals surface area (Å²) in [5, 5.41) is 3.50. The van der Waals surface area contributed by atoms with Crippen molar-refractivity contribution in [2.75, 3.05) is 11.9 Å². The Morgan fingerprint density at radius 3 is 2.86 bits per heavy atom. The standard InChI is InChI=1S/C17H17BrN2O/c1-20-16-8-3-2-7-14(16)15(10-17(20)21)19-11-12-5-4-6-13(18)9-12/h2-9,15,19H,10-11H2,1H3. The van der Waals surface area contributed by atoms with Gasteiger partial charge >= 0.3 is 0 Å². The van der Waals surface area contributed by atoms with Crippen LogP contribution in [0.15, 0.2) is 53.0 Å². The van der Waals surface area contributed by atoms with E-state index < -0.39 is 0 Å². The number of hydrogen-bond acceptors (Lipinski definition) is 2. The van der Waals surface area contributed by atoms with Gasteiger partial charge in [0.1, 0.15) is 0 Å². The highest BCUT2D eigenvalue weighted by Gasteiger charge is 2.28. The van der Waals surface area contributed by atoms with Crippen LogP contribution in [-0.4, -0.2) is 13.0 Å². The minimum Gasteiger partial charge on any atom is -0.315 e. The first kappa shape index (κ1) is 14.3. The van der Waals surface area contributed by atoms with E-state index in [0.29, 0.717) is 6.42 Å². The van der Waals surface area contributed by atoms with E-state index in [-0.39, 0.29) is 11.9 Å². The molecular formula is C17H17BrN2O. The van der Waals surface area contributed by atoms with Crippen LogP contribution in [0.25, 0.3) is 0 Å². The van der Waals surface area contributed by atoms with Crippen LogP contribution < -0.4 is 10.2 Å². The molecule has 0 saturated carbocycles. The first-order chi connectivity index (χ1) is 10.1. The van der Waals surface area contributed by atoms with E-state index in [2.05, 4.69) is 39.4 Å². The molecule has 1 N–H and O–H groups in total. The van der Waals surface area contributed by atoms with Gasteiger partial charge in [-0.2, -0.15) is 0 Å². The molecule has 0 saturated heterocycles. The molecule has 1 aliphatic rings. The molecule has 1 heterocycles. The SMILES string of the molecule is CN1C(=O)CC(NCc2cccc(Br)c2)c2ccccc21. The molecule has 4 heteroatoms. The van der Waals surface area contributed by atoms with Crippen molar-refractivity contribution < 1.29 is 4.79 Å². The third-order valence-corrected chi connectivity index (χ3v) is 4.36. The average Bonchev–Trinajstić information content (AvgIpc) is 2.50. The van der Waals surface area contributed by atoms with Crippen molar-refractivity contribution in [2.24, 2.45) is 0 Å². The normalized spacial score (nSPS) is 17.7. The van der Waals surface area contributed by atoms with Crippen molar-refractivity contribution in [1.29, 1.82) is 0 Å². The summed E-state index contributed by atoms with van der Waals surface area (Å²) in [5.74, 6) is 0.153. The van der Waals surface area contributed by atoms with Gasteiger partial charge in [-0.25, -0.2) is 0 Å². The predicted octanol–water partition coefficient (Wildman–Crippen LogP) is 3.65. The molecule has 21 heavy (non-hydrogen) atoms. The number of fused-ring (bicyclic) bond motifs is 1. The highest BCUT2D eigenvalue weighted by molar-refractivity contribution is 9.10. The van der Waals surface area contributed by atoms with Gasteiger partial charge in [-0.1, -0.05) is 46.3 Å². The van der Waals surface area contributed by atoms with Crippen molar-refractivity contribution in [3.05, 3.63) is 64.1 Å². The number of amides is 1. The largest absolute Gasteiger partial charge is 0.315 e. The number of halogens is 1. The summed E-state index contributed by atoms with van der Waals surface area (Å²) < 4.78 is 1.07. The molecule has 1 atom stereocenters. The van der Waals surface area contributed by atoms with Crippen LogP contribution in [0.3, 0.4) is 0 Å². The molecule has 1 unspecified atom stereocenters. The van der Waals surface area contributed by atoms with Crippen LogP contribution >= 0.6 is 15.9 Å². The highest BCUT2D eigenvalue weighted by Crippen LogP contribution is 2.33. The molecular weight excluding hydrogens is 328 g/mol. The molecule has 2 aromatic rings. The summed E-state index contributed by atoms with van der Waals surface area (Å²) in [6.45, 7) is 0.745. The van der Waals surface area contributed by atoms with E-state index >= 15 is 0 Å². The summed E-state index contributed by atoms with van der Waals surface area (Å²) in [5.41, 5.74) is 3.39. The van der Waals surface area contributed by atoms with E-state index in [1.54, 1.807) is 4.90 Å². The van der Waals surface area contributed by atoms with E-state index in [1.165, 1.54) is 11.1 Å². The molecule has 2 aromatic carbocycles. The van der Waals surface area contributed by atoms with Crippen LogP contribution in [0.2, 0.25) is 0 Å². The number of anilines is 1. The average molecular weight is 345 g/mol. The number of para-hydroxylation sites is 1. The third-order valence-electron chi connectivity index (χ3n) is 3.87. The lowest BCUT2D eigenvalue weighted by Crippen LogP contribution is -2.37. The maximum absolute atomic E-state index is 12.1. The Kier molecular flexibility index (Phi) is 4.08. The fourth-order valence-electron chi connectivity index (χ4n) is 2.71. The van der Waals surface area contributed by atoms with Crippen molar-refractivity contribution in [3.63, 3.8) is 0 Å². The Morgan fingerprint density at radius 1 is 1.24 bits per heavy atom. The number of nitrogens with zero attached hydrogens (tertiary/aromatic N) is 1. The van der Waals surface area contributed by atoms with Crippen LogP contribution in [0.1, 0.15) is 23.6 Å². The molecule has 3 nitrogen and oxygen atoms in total. The van der Waals surface area contributed by atoms with Crippen molar-refractivity contribution in [1.82, 2.24) is 5.32 Å². The number of carbonyl (C=O) groups excluding carboxylic acids is 1. The zero-order valence-electron chi connectivity index (χ0n) is 11.8. The van der Waals surface area contributed by atoms with Gasteiger partial charge in [-0.05, 0) is 29.3 Å². The Labute approximate surface area is 133 Å². The number of nitrogens with one attached hydrogen (secondary N) is 1. The van der Waals surface area contributed by atoms with Crippen LogP contribution in [0, 0.1) is 0 Å². The van der Waals surface area contributed by atoms with Crippen molar-refractivity contribution in [3.8, 4) is 0 Å². The fourth-order valence-corrected chi connectivity index (χ4v) is 3.16. The van der Waals surface area contributed by atoms with Gasteiger partial charge < -0.3 is 10.2 Å². The maximum Gasteiger partial charge on any atom is 0.228 e. The fraction of sp³-hybridized carbons (Fsp3) is 0.235. The van der Waals surface area contributed by atoms with E-state index in [1.807, 2.05) is 37.4 Å². The van der Waals surface area contributed by atoms with Gasteiger partial charge in [0.25, 0.3) is 0 Å². The van der Waals surface area contributed by atoms with Crippen LogP contribution in [0.5, 0.6) is 0 Å². The minimum atomic E-state index is 0.0730. The van der Waals surface area contributed by atoms with Gasteiger partial charge in [0.2, 0.25) is 5.91 Å². The molecule has 0 bridgehead atoms. The summed E-state index contributed by atoms with van der Waals surface area (Å²) in [6.07, 6.45) is 0.502. The third kappa shape index (κ3) is 3.01. The Hall–Kier alpha value is -1.65. The smallest absolute Gasteiger partial charge is 0.228 e. The summed E-state index contributed by atoms with van der Waals surface area (Å²) in [4.78, 5) is 13.9. The van der Waals surface area contributed by atoms with Crippen molar-refractivity contribution >= 4 is 27.5 Å². The van der Waals surface area contributed by atoms with Crippen molar-refractivity contribution in [2.45, 2.75) is 19.0 Å². The van der Waals surface area contributed by atoms with E-state index in [0.717, 1.165) is 16.7 Å². The monoisotopic (exact) mass is 344 g/mol. The molecule has 0 spiro atoms. The lowest BCUT2D eigenvalue weighted by Gasteiger charge is -2.32. The molecule has 108 valence electrons. The topological polar surface area (TPSA) is 32.3 Å². The van der Waals surface area contributed by atoms with Crippen LogP contribution in [0.4, 0.5) is 5.69 Å². The second-order valence-electron chi connectivity index (χ2n) is 5.28. The first-order valence-electron chi connectivity index (χ1n) is 6.98. The van der Waals surface area contributed by atoms with Gasteiger partial charge in [-0.15, -0.1) is 0 Å². The number of rotatable bonds is 3. The highest BCUT2D eigenvalue weighted by atomic mass is 79.9. The second-order valence-corrected chi connectivity index (χ2v) is 6.19. The van der Waals surface area contributed by atoms with E-state index in [9.17, 15) is 4.79 Å². The molecule has 3 rings (SSSR count). The minimum absolute atomic E-state index is 0.0730. The van der Waals surface area contributed by atoms with Crippen LogP contribution in [-0.2, 0) is 11.3 Å². The second kappa shape index (κ2) is 6.00. The number of carbonyl (C=O) groups is 1. The molecule has 1 aliphatic heterocycles. The summed E-state index contributed by atoms with van der Waals surface area (Å²) in [6, 6.07) is 16.4. The zero-order valence-corrected chi connectivity index (χ0v) is 13.4. The Balaban J connectivity index is 1.80. The lowest BCUT2D eigenvalue weighted by molar-refractivity contribution is -0.119. The van der Waals surface area contributed by atoms with E-state index in [4.69, 9.17) is 0 Å². The first-order valence-corrected chi connectivity index (χ1v) is 7.78. The molecule has 0 fully saturated rings. The Morgan fingerprint density at radius 2 is 2.05 bits per heavy atom. The quantitative estimate of drug-likeness (QED) is 0.921. The number of benzene rings is 2. The van der Waals surface area contributed by atoms with Gasteiger partial charge in [-0.3, -0.25) is 4.79 Å². The van der Waals surface area contributed by atoms with Gasteiger partial charge in [0, 0.05) is 36.2 Å². The number of hydrogen-bond donors (Lipinski definition) is 1. The molecule has 1 amide bonds. The molecule has 0 radical (unpaired) electrons.